The molecule has 0 aliphatic rings. The molecule has 0 aliphatic carbocycles. The minimum Gasteiger partial charge on any atom is -0.455 e. The van der Waals surface area contributed by atoms with E-state index in [-0.39, 0.29) is 0 Å². The quantitative estimate of drug-likeness (QED) is 0.138. The Morgan fingerprint density at radius 1 is 0.255 bits per heavy atom. The lowest BCUT2D eigenvalue weighted by atomic mass is 9.85. The zero-order valence-electron chi connectivity index (χ0n) is 27.7. The third-order valence-corrected chi connectivity index (χ3v) is 10.8. The molecule has 0 unspecified atom stereocenters. The molecule has 0 saturated heterocycles. The molecule has 0 N–H and O–H groups in total. The molecule has 1 nitrogen and oxygen atoms in total. The normalized spacial score (nSPS) is 11.9. The van der Waals surface area contributed by atoms with Gasteiger partial charge in [-0.25, -0.2) is 0 Å². The summed E-state index contributed by atoms with van der Waals surface area (Å²) in [7, 11) is 0. The summed E-state index contributed by atoms with van der Waals surface area (Å²) in [4.78, 5) is 0. The van der Waals surface area contributed by atoms with E-state index in [2.05, 4.69) is 182 Å². The molecular weight excluding hydrogens is 617 g/mol. The Balaban J connectivity index is 1.14. The molecule has 1 heterocycles. The van der Waals surface area contributed by atoms with Gasteiger partial charge < -0.3 is 4.42 Å². The highest BCUT2D eigenvalue weighted by Crippen LogP contribution is 2.46. The van der Waals surface area contributed by atoms with Crippen LogP contribution in [0.5, 0.6) is 0 Å². The number of hydrogen-bond donors (Lipinski definition) is 0. The lowest BCUT2D eigenvalue weighted by Crippen LogP contribution is -1.91. The lowest BCUT2D eigenvalue weighted by Gasteiger charge is -2.18. The van der Waals surface area contributed by atoms with Crippen molar-refractivity contribution in [2.75, 3.05) is 0 Å². The Morgan fingerprint density at radius 2 is 0.745 bits per heavy atom. The van der Waals surface area contributed by atoms with E-state index in [0.29, 0.717) is 0 Å². The van der Waals surface area contributed by atoms with Crippen LogP contribution in [0.2, 0.25) is 0 Å². The molecule has 236 valence electrons. The molecule has 10 aromatic carbocycles. The predicted octanol–water partition coefficient (Wildman–Crippen LogP) is 14.4. The Morgan fingerprint density at radius 3 is 1.43 bits per heavy atom. The maximum atomic E-state index is 6.92. The molecule has 0 spiro atoms. The Hall–Kier alpha value is -6.70. The van der Waals surface area contributed by atoms with Crippen molar-refractivity contribution in [3.63, 3.8) is 0 Å². The lowest BCUT2D eigenvalue weighted by molar-refractivity contribution is 0.676. The van der Waals surface area contributed by atoms with Gasteiger partial charge in [0.2, 0.25) is 0 Å². The van der Waals surface area contributed by atoms with Crippen molar-refractivity contribution in [1.82, 2.24) is 0 Å². The van der Waals surface area contributed by atoms with Crippen LogP contribution < -0.4 is 0 Å². The van der Waals surface area contributed by atoms with Gasteiger partial charge in [-0.1, -0.05) is 164 Å². The van der Waals surface area contributed by atoms with E-state index in [9.17, 15) is 0 Å². The topological polar surface area (TPSA) is 13.1 Å². The van der Waals surface area contributed by atoms with Crippen molar-refractivity contribution in [3.8, 4) is 33.4 Å². The van der Waals surface area contributed by atoms with E-state index in [1.807, 2.05) is 0 Å². The predicted molar refractivity (Wildman–Crippen MR) is 218 cm³/mol. The number of benzene rings is 10. The monoisotopic (exact) mass is 646 g/mol. The molecule has 0 fully saturated rings. The Labute approximate surface area is 294 Å². The SMILES string of the molecule is c1ccc(-c2c3ccccc3c(-c3cccc(-c4ccc5ccc6c(oc7c8ccccc8c8ccccc8c67)c5c4)c3)c3ccccc23)cc1. The van der Waals surface area contributed by atoms with E-state index in [0.717, 1.165) is 27.3 Å². The van der Waals surface area contributed by atoms with Crippen LogP contribution in [0, 0.1) is 0 Å². The second-order valence-corrected chi connectivity index (χ2v) is 13.6. The van der Waals surface area contributed by atoms with Crippen molar-refractivity contribution in [2.45, 2.75) is 0 Å². The first-order valence-corrected chi connectivity index (χ1v) is 17.6. The van der Waals surface area contributed by atoms with Crippen LogP contribution in [-0.2, 0) is 0 Å². The van der Waals surface area contributed by atoms with Gasteiger partial charge >= 0.3 is 0 Å². The number of hydrogen-bond acceptors (Lipinski definition) is 1. The molecule has 1 heteroatoms. The first-order chi connectivity index (χ1) is 25.3. The van der Waals surface area contributed by atoms with Crippen molar-refractivity contribution in [1.29, 1.82) is 0 Å². The summed E-state index contributed by atoms with van der Waals surface area (Å²) in [6.07, 6.45) is 0. The molecule has 11 aromatic rings. The van der Waals surface area contributed by atoms with Crippen LogP contribution in [0.15, 0.2) is 186 Å². The second kappa shape index (κ2) is 10.9. The summed E-state index contributed by atoms with van der Waals surface area (Å²) in [5, 5.41) is 14.5. The summed E-state index contributed by atoms with van der Waals surface area (Å²) in [5.41, 5.74) is 9.24. The van der Waals surface area contributed by atoms with Crippen LogP contribution in [0.4, 0.5) is 0 Å². The van der Waals surface area contributed by atoms with Crippen LogP contribution >= 0.6 is 0 Å². The molecule has 0 radical (unpaired) electrons. The van der Waals surface area contributed by atoms with Gasteiger partial charge in [0.25, 0.3) is 0 Å². The summed E-state index contributed by atoms with van der Waals surface area (Å²) in [6.45, 7) is 0. The van der Waals surface area contributed by atoms with E-state index in [1.54, 1.807) is 0 Å². The standard InChI is InChI=1S/C50H30O/c1-2-13-32(14-3-1)46-39-20-7-9-22-41(39)47(42-23-10-8-21-40(42)46)35-16-12-15-33(29-35)34-26-25-31-27-28-44-48-38-19-6-4-17-36(38)37-18-5-11-24-43(37)50(48)51-49(44)45(31)30-34/h1-30H. The van der Waals surface area contributed by atoms with Crippen molar-refractivity contribution >= 4 is 75.8 Å². The third kappa shape index (κ3) is 4.16. The number of furan rings is 1. The van der Waals surface area contributed by atoms with Crippen LogP contribution in [0.3, 0.4) is 0 Å². The highest BCUT2D eigenvalue weighted by Gasteiger charge is 2.19. The molecular formula is C50H30O. The zero-order chi connectivity index (χ0) is 33.5. The minimum absolute atomic E-state index is 0.940. The summed E-state index contributed by atoms with van der Waals surface area (Å²) < 4.78 is 6.92. The van der Waals surface area contributed by atoms with Gasteiger partial charge in [-0.15, -0.1) is 0 Å². The van der Waals surface area contributed by atoms with Gasteiger partial charge in [0.15, 0.2) is 0 Å². The molecule has 0 bridgehead atoms. The number of rotatable bonds is 3. The van der Waals surface area contributed by atoms with Gasteiger partial charge in [-0.2, -0.15) is 0 Å². The summed E-state index contributed by atoms with van der Waals surface area (Å²) >= 11 is 0. The van der Waals surface area contributed by atoms with Crippen LogP contribution in [0.25, 0.3) is 109 Å². The highest BCUT2D eigenvalue weighted by atomic mass is 16.3. The molecule has 0 aliphatic heterocycles. The zero-order valence-corrected chi connectivity index (χ0v) is 27.7. The van der Waals surface area contributed by atoms with Crippen molar-refractivity contribution in [2.24, 2.45) is 0 Å². The fourth-order valence-electron chi connectivity index (χ4n) is 8.57. The first kappa shape index (κ1) is 28.2. The minimum atomic E-state index is 0.940. The van der Waals surface area contributed by atoms with Gasteiger partial charge in [0, 0.05) is 21.5 Å². The van der Waals surface area contributed by atoms with Gasteiger partial charge in [-0.3, -0.25) is 0 Å². The van der Waals surface area contributed by atoms with E-state index in [1.165, 1.54) is 81.9 Å². The maximum Gasteiger partial charge on any atom is 0.143 e. The van der Waals surface area contributed by atoms with Gasteiger partial charge in [-0.05, 0) is 94.7 Å². The van der Waals surface area contributed by atoms with Gasteiger partial charge in [0.1, 0.15) is 11.2 Å². The molecule has 11 rings (SSSR count). The smallest absolute Gasteiger partial charge is 0.143 e. The van der Waals surface area contributed by atoms with Crippen molar-refractivity contribution in [3.05, 3.63) is 182 Å². The largest absolute Gasteiger partial charge is 0.455 e. The summed E-state index contributed by atoms with van der Waals surface area (Å²) in [6, 6.07) is 66.1. The average molecular weight is 647 g/mol. The third-order valence-electron chi connectivity index (χ3n) is 10.8. The van der Waals surface area contributed by atoms with Crippen LogP contribution in [-0.4, -0.2) is 0 Å². The fourth-order valence-corrected chi connectivity index (χ4v) is 8.57. The molecule has 0 saturated carbocycles. The molecule has 0 atom stereocenters. The van der Waals surface area contributed by atoms with Crippen molar-refractivity contribution < 1.29 is 4.42 Å². The van der Waals surface area contributed by atoms with Gasteiger partial charge in [0.05, 0.1) is 0 Å². The molecule has 0 amide bonds. The Kier molecular flexibility index (Phi) is 6.02. The highest BCUT2D eigenvalue weighted by molar-refractivity contribution is 6.32. The van der Waals surface area contributed by atoms with E-state index in [4.69, 9.17) is 4.42 Å². The summed E-state index contributed by atoms with van der Waals surface area (Å²) in [5.74, 6) is 0. The van der Waals surface area contributed by atoms with E-state index >= 15 is 0 Å². The number of fused-ring (bicyclic) bond motifs is 12. The maximum absolute atomic E-state index is 6.92. The van der Waals surface area contributed by atoms with Crippen LogP contribution in [0.1, 0.15) is 0 Å². The average Bonchev–Trinajstić information content (AvgIpc) is 3.61. The molecule has 1 aromatic heterocycles. The molecule has 51 heavy (non-hydrogen) atoms. The Bertz CT molecular complexity index is 3130. The van der Waals surface area contributed by atoms with E-state index < -0.39 is 0 Å². The first-order valence-electron chi connectivity index (χ1n) is 17.6. The fraction of sp³-hybridized carbons (Fsp3) is 0. The second-order valence-electron chi connectivity index (χ2n) is 13.6.